The molecule has 3 nitrogen and oxygen atoms in total. The summed E-state index contributed by atoms with van der Waals surface area (Å²) in [4.78, 5) is 12.8. The monoisotopic (exact) mass is 196 g/mol. The van der Waals surface area contributed by atoms with Gasteiger partial charge in [-0.05, 0) is 38.8 Å². The molecule has 1 unspecified atom stereocenters. The lowest BCUT2D eigenvalue weighted by molar-refractivity contribution is -0.110. The second-order valence-electron chi connectivity index (χ2n) is 4.20. The molecule has 0 aromatic heterocycles. The summed E-state index contributed by atoms with van der Waals surface area (Å²) in [5.41, 5.74) is 1.13. The van der Waals surface area contributed by atoms with Crippen molar-refractivity contribution >= 4 is 6.41 Å². The lowest BCUT2D eigenvalue weighted by atomic mass is 10.1. The fourth-order valence-corrected chi connectivity index (χ4v) is 1.88. The fourth-order valence-electron chi connectivity index (χ4n) is 1.88. The summed E-state index contributed by atoms with van der Waals surface area (Å²) in [7, 11) is 0. The molecule has 3 heteroatoms. The Bertz CT molecular complexity index is 213. The third kappa shape index (κ3) is 2.84. The van der Waals surface area contributed by atoms with E-state index in [9.17, 15) is 4.79 Å². The first-order valence-electron chi connectivity index (χ1n) is 5.26. The number of nitrogens with zero attached hydrogens (tertiary/aromatic N) is 1. The van der Waals surface area contributed by atoms with Gasteiger partial charge in [0.1, 0.15) is 0 Å². The van der Waals surface area contributed by atoms with Crippen molar-refractivity contribution in [3.8, 4) is 0 Å². The summed E-state index contributed by atoms with van der Waals surface area (Å²) >= 11 is 0. The normalized spacial score (nSPS) is 24.8. The van der Waals surface area contributed by atoms with Crippen LogP contribution in [0.3, 0.4) is 0 Å². The van der Waals surface area contributed by atoms with Crippen molar-refractivity contribution in [2.24, 2.45) is 0 Å². The number of amides is 1. The average molecular weight is 196 g/mol. The standard InChI is InChI=1S/C11H20N2O/c1-9(2)13-6-4-5-11(12-8-14)10(3)7-13/h8-9,11H,3-7H2,1-2H3,(H,12,14). The van der Waals surface area contributed by atoms with Crippen LogP contribution in [0.4, 0.5) is 0 Å². The van der Waals surface area contributed by atoms with E-state index in [1.807, 2.05) is 0 Å². The summed E-state index contributed by atoms with van der Waals surface area (Å²) in [5.74, 6) is 0. The van der Waals surface area contributed by atoms with Crippen molar-refractivity contribution in [2.75, 3.05) is 13.1 Å². The summed E-state index contributed by atoms with van der Waals surface area (Å²) < 4.78 is 0. The third-order valence-electron chi connectivity index (χ3n) is 2.84. The van der Waals surface area contributed by atoms with Crippen molar-refractivity contribution in [3.63, 3.8) is 0 Å². The molecule has 1 fully saturated rings. The molecule has 0 saturated carbocycles. The molecule has 1 heterocycles. The van der Waals surface area contributed by atoms with E-state index >= 15 is 0 Å². The molecule has 80 valence electrons. The zero-order valence-corrected chi connectivity index (χ0v) is 9.12. The number of likely N-dealkylation sites (tertiary alicyclic amines) is 1. The molecule has 1 aliphatic heterocycles. The molecular weight excluding hydrogens is 176 g/mol. The first kappa shape index (κ1) is 11.2. The maximum atomic E-state index is 10.4. The van der Waals surface area contributed by atoms with Crippen molar-refractivity contribution in [1.82, 2.24) is 10.2 Å². The van der Waals surface area contributed by atoms with Gasteiger partial charge in [-0.25, -0.2) is 0 Å². The van der Waals surface area contributed by atoms with Crippen LogP contribution in [0.15, 0.2) is 12.2 Å². The van der Waals surface area contributed by atoms with Crippen LogP contribution >= 0.6 is 0 Å². The maximum Gasteiger partial charge on any atom is 0.207 e. The Morgan fingerprint density at radius 1 is 1.64 bits per heavy atom. The number of nitrogens with one attached hydrogen (secondary N) is 1. The highest BCUT2D eigenvalue weighted by molar-refractivity contribution is 5.48. The van der Waals surface area contributed by atoms with Gasteiger partial charge in [-0.3, -0.25) is 9.69 Å². The lowest BCUT2D eigenvalue weighted by Gasteiger charge is -2.25. The van der Waals surface area contributed by atoms with Gasteiger partial charge in [-0.2, -0.15) is 0 Å². The largest absolute Gasteiger partial charge is 0.352 e. The van der Waals surface area contributed by atoms with Crippen LogP contribution < -0.4 is 5.32 Å². The van der Waals surface area contributed by atoms with E-state index < -0.39 is 0 Å². The summed E-state index contributed by atoms with van der Waals surface area (Å²) in [6.07, 6.45) is 2.92. The first-order chi connectivity index (χ1) is 6.65. The van der Waals surface area contributed by atoms with Crippen molar-refractivity contribution < 1.29 is 4.79 Å². The zero-order valence-electron chi connectivity index (χ0n) is 9.12. The number of hydrogen-bond donors (Lipinski definition) is 1. The maximum absolute atomic E-state index is 10.4. The van der Waals surface area contributed by atoms with E-state index in [0.29, 0.717) is 6.04 Å². The van der Waals surface area contributed by atoms with E-state index in [0.717, 1.165) is 37.9 Å². The molecule has 1 N–H and O–H groups in total. The quantitative estimate of drug-likeness (QED) is 0.542. The second-order valence-corrected chi connectivity index (χ2v) is 4.20. The molecule has 1 amide bonds. The summed E-state index contributed by atoms with van der Waals surface area (Å²) in [5, 5.41) is 2.83. The first-order valence-corrected chi connectivity index (χ1v) is 5.26. The number of carbonyl (C=O) groups is 1. The van der Waals surface area contributed by atoms with Gasteiger partial charge in [0, 0.05) is 12.6 Å². The van der Waals surface area contributed by atoms with E-state index in [-0.39, 0.29) is 6.04 Å². The van der Waals surface area contributed by atoms with Crippen LogP contribution in [0.25, 0.3) is 0 Å². The van der Waals surface area contributed by atoms with Crippen LogP contribution in [0.2, 0.25) is 0 Å². The van der Waals surface area contributed by atoms with Gasteiger partial charge in [0.2, 0.25) is 6.41 Å². The average Bonchev–Trinajstić information content (AvgIpc) is 2.30. The highest BCUT2D eigenvalue weighted by atomic mass is 16.1. The zero-order chi connectivity index (χ0) is 10.6. The fraction of sp³-hybridized carbons (Fsp3) is 0.727. The van der Waals surface area contributed by atoms with Gasteiger partial charge in [0.25, 0.3) is 0 Å². The molecule has 14 heavy (non-hydrogen) atoms. The Hall–Kier alpha value is -0.830. The Labute approximate surface area is 86.2 Å². The lowest BCUT2D eigenvalue weighted by Crippen LogP contribution is -2.35. The summed E-state index contributed by atoms with van der Waals surface area (Å²) in [6.45, 7) is 10.4. The van der Waals surface area contributed by atoms with Crippen LogP contribution in [-0.4, -0.2) is 36.5 Å². The second kappa shape index (κ2) is 5.15. The van der Waals surface area contributed by atoms with Crippen LogP contribution in [0.1, 0.15) is 26.7 Å². The molecule has 1 saturated heterocycles. The Kier molecular flexibility index (Phi) is 4.14. The number of rotatable bonds is 3. The third-order valence-corrected chi connectivity index (χ3v) is 2.84. The van der Waals surface area contributed by atoms with Crippen molar-refractivity contribution in [2.45, 2.75) is 38.8 Å². The van der Waals surface area contributed by atoms with Crippen molar-refractivity contribution in [1.29, 1.82) is 0 Å². The molecule has 1 atom stereocenters. The number of hydrogen-bond acceptors (Lipinski definition) is 2. The predicted molar refractivity (Wildman–Crippen MR) is 58.1 cm³/mol. The molecule has 0 spiro atoms. The minimum atomic E-state index is 0.177. The molecular formula is C11H20N2O. The Morgan fingerprint density at radius 2 is 2.36 bits per heavy atom. The minimum Gasteiger partial charge on any atom is -0.352 e. The van der Waals surface area contributed by atoms with E-state index in [1.165, 1.54) is 0 Å². The predicted octanol–water partition coefficient (Wildman–Crippen LogP) is 1.16. The van der Waals surface area contributed by atoms with Crippen LogP contribution in [0.5, 0.6) is 0 Å². The SMILES string of the molecule is C=C1CN(C(C)C)CCCC1NC=O. The molecule has 1 aliphatic rings. The van der Waals surface area contributed by atoms with Gasteiger partial charge >= 0.3 is 0 Å². The van der Waals surface area contributed by atoms with Crippen LogP contribution in [-0.2, 0) is 4.79 Å². The molecule has 0 aromatic rings. The number of carbonyl (C=O) groups excluding carboxylic acids is 1. The van der Waals surface area contributed by atoms with Crippen LogP contribution in [0, 0.1) is 0 Å². The van der Waals surface area contributed by atoms with Gasteiger partial charge in [-0.1, -0.05) is 6.58 Å². The van der Waals surface area contributed by atoms with Gasteiger partial charge in [-0.15, -0.1) is 0 Å². The Balaban J connectivity index is 2.56. The van der Waals surface area contributed by atoms with E-state index in [2.05, 4.69) is 30.6 Å². The smallest absolute Gasteiger partial charge is 0.207 e. The molecule has 0 radical (unpaired) electrons. The molecule has 0 bridgehead atoms. The molecule has 1 rings (SSSR count). The summed E-state index contributed by atoms with van der Waals surface area (Å²) in [6, 6.07) is 0.734. The van der Waals surface area contributed by atoms with Crippen molar-refractivity contribution in [3.05, 3.63) is 12.2 Å². The molecule has 0 aliphatic carbocycles. The highest BCUT2D eigenvalue weighted by Crippen LogP contribution is 2.16. The topological polar surface area (TPSA) is 32.3 Å². The van der Waals surface area contributed by atoms with E-state index in [4.69, 9.17) is 0 Å². The van der Waals surface area contributed by atoms with Gasteiger partial charge < -0.3 is 5.32 Å². The Morgan fingerprint density at radius 3 is 2.93 bits per heavy atom. The van der Waals surface area contributed by atoms with Gasteiger partial charge in [0.05, 0.1) is 6.04 Å². The highest BCUT2D eigenvalue weighted by Gasteiger charge is 2.20. The van der Waals surface area contributed by atoms with Gasteiger partial charge in [0.15, 0.2) is 0 Å². The van der Waals surface area contributed by atoms with E-state index in [1.54, 1.807) is 0 Å². The minimum absolute atomic E-state index is 0.177. The molecule has 0 aromatic carbocycles.